The van der Waals surface area contributed by atoms with Crippen LogP contribution in [0.3, 0.4) is 0 Å². The van der Waals surface area contributed by atoms with Crippen LogP contribution in [0.4, 0.5) is 0 Å². The first-order valence-electron chi connectivity index (χ1n) is 17.4. The standard InChI is InChI=1S/C16H28O3.C9H19NO2.C6H8O2.C4H6O4.C2H3BO2.Na/c1-15(2,3)19-14(18)16(4,5)11-10-12-6-8-13(17)9-7-12;1-8(2,3)12-7(11)9(4,5)6-10;7-5-1-2-6(8)4-3-5;1-3(5)7-8-4(2)6;1-2(4)5-3;/h12H,6-11H2,1-5H3;6,10H2,1-5H3;1-4H2;1-2H3;1H3;/q;;;;-1;+1. The van der Waals surface area contributed by atoms with Gasteiger partial charge in [-0.15, -0.1) is 0 Å². The fourth-order valence-electron chi connectivity index (χ4n) is 3.80. The fourth-order valence-corrected chi connectivity index (χ4v) is 3.80. The Labute approximate surface area is 340 Å². The molecule has 0 atom stereocenters. The van der Waals surface area contributed by atoms with Gasteiger partial charge in [0.2, 0.25) is 5.97 Å². The minimum Gasteiger partial charge on any atom is -0.793 e. The van der Waals surface area contributed by atoms with Gasteiger partial charge < -0.3 is 27.9 Å². The van der Waals surface area contributed by atoms with Gasteiger partial charge in [0.05, 0.1) is 10.8 Å². The van der Waals surface area contributed by atoms with Crippen LogP contribution in [0, 0.1) is 16.7 Å². The average molecular weight is 765 g/mol. The Balaban J connectivity index is -0.000000305. The summed E-state index contributed by atoms with van der Waals surface area (Å²) in [5.41, 5.74) is 3.56. The Bertz CT molecular complexity index is 1140. The van der Waals surface area contributed by atoms with Gasteiger partial charge in [-0.2, -0.15) is 0 Å². The number of carbonyl (C=O) groups excluding carboxylic acids is 8. The molecule has 0 aliphatic heterocycles. The normalized spacial score (nSPS) is 14.6. The summed E-state index contributed by atoms with van der Waals surface area (Å²) in [5.74, 6) is -0.633. The molecule has 0 saturated heterocycles. The molecule has 0 bridgehead atoms. The van der Waals surface area contributed by atoms with Gasteiger partial charge in [-0.1, -0.05) is 0 Å². The zero-order valence-corrected chi connectivity index (χ0v) is 36.8. The van der Waals surface area contributed by atoms with Crippen molar-refractivity contribution in [3.05, 3.63) is 0 Å². The largest absolute Gasteiger partial charge is 1.00 e. The van der Waals surface area contributed by atoms with Crippen LogP contribution >= 0.6 is 0 Å². The molecule has 2 saturated carbocycles. The molecule has 2 rings (SSSR count). The van der Waals surface area contributed by atoms with Gasteiger partial charge in [-0.3, -0.25) is 28.8 Å². The third-order valence-electron chi connectivity index (χ3n) is 7.06. The molecule has 299 valence electrons. The number of Topliss-reactive ketones (excluding diaryl/α,β-unsaturated/α-hetero) is 3. The SMILES string of the molecule is CC(=O)OOC(C)=O.CC(C)(C)OC(=O)C(C)(C)CCC1CCC(=O)CC1.CC(C)(C)OC(=O)C(C)(C)CN.O=C1CCC(=O)CC1.[B-]OC(C)=O.[Na+]. The first-order valence-corrected chi connectivity index (χ1v) is 17.4. The quantitative estimate of drug-likeness (QED) is 0.179. The molecule has 0 heterocycles. The Hall–Kier alpha value is -2.62. The van der Waals surface area contributed by atoms with Crippen LogP contribution in [0.2, 0.25) is 0 Å². The monoisotopic (exact) mass is 764 g/mol. The molecule has 2 aliphatic carbocycles. The maximum Gasteiger partial charge on any atom is 1.00 e. The predicted octanol–water partition coefficient (Wildman–Crippen LogP) is 2.57. The van der Waals surface area contributed by atoms with Gasteiger partial charge in [-0.05, 0) is 101 Å². The van der Waals surface area contributed by atoms with E-state index in [0.29, 0.717) is 43.9 Å². The second-order valence-corrected chi connectivity index (χ2v) is 15.8. The van der Waals surface area contributed by atoms with Crippen LogP contribution in [0.25, 0.3) is 0 Å². The number of hydrogen-bond donors (Lipinski definition) is 1. The van der Waals surface area contributed by atoms with E-state index in [1.807, 2.05) is 55.4 Å². The van der Waals surface area contributed by atoms with E-state index < -0.39 is 39.9 Å². The summed E-state index contributed by atoms with van der Waals surface area (Å²) in [6, 6.07) is 0. The first kappa shape index (κ1) is 57.1. The van der Waals surface area contributed by atoms with E-state index in [2.05, 4.69) is 22.5 Å². The number of nitrogens with two attached hydrogens (primary N) is 1. The van der Waals surface area contributed by atoms with E-state index in [0.717, 1.165) is 52.4 Å². The number of carbonyl (C=O) groups is 8. The van der Waals surface area contributed by atoms with Crippen molar-refractivity contribution in [3.8, 4) is 0 Å². The smallest absolute Gasteiger partial charge is 0.793 e. The molecular weight excluding hydrogens is 700 g/mol. The summed E-state index contributed by atoms with van der Waals surface area (Å²) in [5, 5.41) is 0. The van der Waals surface area contributed by atoms with Crippen molar-refractivity contribution in [1.82, 2.24) is 0 Å². The topological polar surface area (TPSA) is 209 Å². The summed E-state index contributed by atoms with van der Waals surface area (Å²) in [6.07, 6.45) is 7.21. The second kappa shape index (κ2) is 27.9. The summed E-state index contributed by atoms with van der Waals surface area (Å²) >= 11 is 0. The van der Waals surface area contributed by atoms with Gasteiger partial charge in [0.15, 0.2) is 0 Å². The van der Waals surface area contributed by atoms with Crippen LogP contribution in [0.15, 0.2) is 0 Å². The van der Waals surface area contributed by atoms with Gasteiger partial charge in [0, 0.05) is 65.8 Å². The maximum absolute atomic E-state index is 12.1. The molecule has 0 unspecified atom stereocenters. The molecule has 2 fully saturated rings. The minimum absolute atomic E-state index is 0. The average Bonchev–Trinajstić information content (AvgIpc) is 3.01. The zero-order chi connectivity index (χ0) is 41.5. The maximum atomic E-state index is 12.1. The third-order valence-corrected chi connectivity index (χ3v) is 7.06. The zero-order valence-electron chi connectivity index (χ0n) is 34.8. The van der Waals surface area contributed by atoms with Crippen LogP contribution in [0.5, 0.6) is 0 Å². The van der Waals surface area contributed by atoms with Crippen molar-refractivity contribution in [2.75, 3.05) is 6.54 Å². The number of ketones is 3. The minimum atomic E-state index is -0.639. The Kier molecular flexibility index (Phi) is 30.1. The van der Waals surface area contributed by atoms with Crippen LogP contribution in [-0.2, 0) is 62.3 Å². The summed E-state index contributed by atoms with van der Waals surface area (Å²) in [4.78, 5) is 92.4. The number of hydrogen-bond acceptors (Lipinski definition) is 14. The van der Waals surface area contributed by atoms with Crippen molar-refractivity contribution in [2.45, 2.75) is 165 Å². The molecule has 16 heteroatoms. The van der Waals surface area contributed by atoms with E-state index in [1.165, 1.54) is 6.92 Å². The summed E-state index contributed by atoms with van der Waals surface area (Å²) in [6.45, 7) is 22.5. The van der Waals surface area contributed by atoms with Gasteiger partial charge >= 0.3 is 53.4 Å². The molecule has 3 radical (unpaired) electrons. The van der Waals surface area contributed by atoms with Crippen molar-refractivity contribution < 1.29 is 91.8 Å². The van der Waals surface area contributed by atoms with E-state index in [9.17, 15) is 38.4 Å². The molecule has 2 N–H and O–H groups in total. The van der Waals surface area contributed by atoms with E-state index >= 15 is 0 Å². The molecule has 14 nitrogen and oxygen atoms in total. The molecule has 53 heavy (non-hydrogen) atoms. The molecule has 2 aliphatic rings. The Morgan fingerprint density at radius 3 is 1.17 bits per heavy atom. The van der Waals surface area contributed by atoms with Crippen LogP contribution in [-0.4, -0.2) is 73.0 Å². The van der Waals surface area contributed by atoms with E-state index in [1.54, 1.807) is 13.8 Å². The molecule has 0 spiro atoms. The van der Waals surface area contributed by atoms with Crippen molar-refractivity contribution in [1.29, 1.82) is 0 Å². The summed E-state index contributed by atoms with van der Waals surface area (Å²) < 4.78 is 14.3. The number of rotatable bonds is 6. The third kappa shape index (κ3) is 36.1. The van der Waals surface area contributed by atoms with Gasteiger partial charge in [0.1, 0.15) is 28.6 Å². The predicted molar refractivity (Wildman–Crippen MR) is 194 cm³/mol. The van der Waals surface area contributed by atoms with E-state index in [4.69, 9.17) is 15.2 Å². The fraction of sp³-hybridized carbons (Fsp3) is 0.784. The molecule has 0 aromatic carbocycles. The van der Waals surface area contributed by atoms with Crippen molar-refractivity contribution in [2.24, 2.45) is 22.5 Å². The van der Waals surface area contributed by atoms with E-state index in [-0.39, 0.29) is 53.1 Å². The van der Waals surface area contributed by atoms with Gasteiger partial charge in [0.25, 0.3) is 0 Å². The number of ether oxygens (including phenoxy) is 2. The Morgan fingerprint density at radius 2 is 0.906 bits per heavy atom. The van der Waals surface area contributed by atoms with Crippen LogP contribution < -0.4 is 35.3 Å². The molecular formula is C37H64BNNaO13. The van der Waals surface area contributed by atoms with Crippen molar-refractivity contribution >= 4 is 55.2 Å². The first-order chi connectivity index (χ1) is 23.5. The number of esters is 2. The molecule has 0 aromatic rings. The summed E-state index contributed by atoms with van der Waals surface area (Å²) in [7, 11) is 4.32. The Morgan fingerprint density at radius 1 is 0.604 bits per heavy atom. The molecule has 0 amide bonds. The van der Waals surface area contributed by atoms with Gasteiger partial charge in [-0.25, -0.2) is 19.4 Å². The molecule has 0 aromatic heterocycles. The van der Waals surface area contributed by atoms with Crippen LogP contribution in [0.1, 0.15) is 154 Å². The van der Waals surface area contributed by atoms with Crippen molar-refractivity contribution in [3.63, 3.8) is 0 Å². The second-order valence-electron chi connectivity index (χ2n) is 15.8.